The molecule has 24 heavy (non-hydrogen) atoms. The summed E-state index contributed by atoms with van der Waals surface area (Å²) in [7, 11) is 0. The van der Waals surface area contributed by atoms with E-state index in [0.717, 1.165) is 12.8 Å². The number of pyridine rings is 1. The first-order valence-electron chi connectivity index (χ1n) is 8.28. The van der Waals surface area contributed by atoms with E-state index >= 15 is 0 Å². The third-order valence-electron chi connectivity index (χ3n) is 4.55. The van der Waals surface area contributed by atoms with Crippen molar-refractivity contribution in [2.45, 2.75) is 25.7 Å². The molecule has 0 spiro atoms. The minimum Gasteiger partial charge on any atom is -0.337 e. The summed E-state index contributed by atoms with van der Waals surface area (Å²) in [5.74, 6) is -0.803. The number of piperidine rings is 1. The Morgan fingerprint density at radius 1 is 1.17 bits per heavy atom. The Bertz CT molecular complexity index is 686. The van der Waals surface area contributed by atoms with Crippen LogP contribution in [-0.2, 0) is 6.42 Å². The largest absolute Gasteiger partial charge is 0.337 e. The molecule has 3 rings (SSSR count). The number of carbonyl (C=O) groups is 1. The van der Waals surface area contributed by atoms with Crippen LogP contribution in [0.4, 0.5) is 8.78 Å². The molecule has 1 amide bonds. The van der Waals surface area contributed by atoms with Gasteiger partial charge in [0.15, 0.2) is 0 Å². The van der Waals surface area contributed by atoms with E-state index in [1.807, 2.05) is 0 Å². The number of hydrogen-bond donors (Lipinski definition) is 0. The maximum atomic E-state index is 13.7. The van der Waals surface area contributed by atoms with Gasteiger partial charge in [0.2, 0.25) is 0 Å². The van der Waals surface area contributed by atoms with Gasteiger partial charge in [0.1, 0.15) is 17.3 Å². The van der Waals surface area contributed by atoms with Crippen LogP contribution in [0.2, 0.25) is 0 Å². The van der Waals surface area contributed by atoms with Crippen LogP contribution in [0.3, 0.4) is 0 Å². The van der Waals surface area contributed by atoms with Gasteiger partial charge in [-0.1, -0.05) is 12.1 Å². The van der Waals surface area contributed by atoms with Crippen molar-refractivity contribution < 1.29 is 13.6 Å². The Labute approximate surface area is 140 Å². The Morgan fingerprint density at radius 3 is 2.67 bits per heavy atom. The van der Waals surface area contributed by atoms with E-state index in [9.17, 15) is 13.6 Å². The van der Waals surface area contributed by atoms with E-state index in [4.69, 9.17) is 0 Å². The molecule has 1 aliphatic rings. The van der Waals surface area contributed by atoms with Crippen LogP contribution < -0.4 is 0 Å². The normalized spacial score (nSPS) is 17.8. The molecule has 0 unspecified atom stereocenters. The maximum absolute atomic E-state index is 13.7. The Hall–Kier alpha value is -2.30. The molecule has 0 aliphatic carbocycles. The number of amides is 1. The number of hydrogen-bond acceptors (Lipinski definition) is 2. The molecule has 0 bridgehead atoms. The van der Waals surface area contributed by atoms with Crippen LogP contribution >= 0.6 is 0 Å². The topological polar surface area (TPSA) is 33.2 Å². The summed E-state index contributed by atoms with van der Waals surface area (Å²) < 4.78 is 27.4. The molecule has 1 atom stereocenters. The molecule has 2 heterocycles. The molecule has 1 aromatic heterocycles. The van der Waals surface area contributed by atoms with Gasteiger partial charge in [-0.3, -0.25) is 9.78 Å². The van der Waals surface area contributed by atoms with Crippen LogP contribution in [0.5, 0.6) is 0 Å². The molecular formula is C19H20F2N2O. The molecule has 1 aliphatic heterocycles. The predicted octanol–water partition coefficient (Wildman–Crippen LogP) is 3.84. The number of benzene rings is 1. The van der Waals surface area contributed by atoms with Gasteiger partial charge in [-0.2, -0.15) is 0 Å². The van der Waals surface area contributed by atoms with Crippen molar-refractivity contribution >= 4 is 5.91 Å². The highest BCUT2D eigenvalue weighted by atomic mass is 19.1. The van der Waals surface area contributed by atoms with Crippen LogP contribution in [0.15, 0.2) is 42.6 Å². The fraction of sp³-hybridized carbons (Fsp3) is 0.368. The molecule has 0 radical (unpaired) electrons. The van der Waals surface area contributed by atoms with Crippen molar-refractivity contribution in [1.82, 2.24) is 9.88 Å². The lowest BCUT2D eigenvalue weighted by molar-refractivity contribution is 0.0662. The van der Waals surface area contributed by atoms with Gasteiger partial charge in [0, 0.05) is 24.8 Å². The van der Waals surface area contributed by atoms with Gasteiger partial charge in [-0.15, -0.1) is 0 Å². The summed E-state index contributed by atoms with van der Waals surface area (Å²) in [6, 6.07) is 9.23. The average molecular weight is 330 g/mol. The van der Waals surface area contributed by atoms with Crippen LogP contribution in [0, 0.1) is 17.6 Å². The third kappa shape index (κ3) is 3.78. The zero-order chi connectivity index (χ0) is 16.9. The Morgan fingerprint density at radius 2 is 1.96 bits per heavy atom. The van der Waals surface area contributed by atoms with Crippen molar-refractivity contribution in [1.29, 1.82) is 0 Å². The standard InChI is InChI=1S/C19H20F2N2O/c20-16-6-3-7-17(21)15(16)10-9-14-5-4-12-23(13-14)19(24)18-8-1-2-11-22-18/h1-3,6-8,11,14H,4-5,9-10,12-13H2/t14-/m1/s1. The number of aromatic nitrogens is 1. The molecule has 5 heteroatoms. The molecule has 1 fully saturated rings. The SMILES string of the molecule is O=C(c1ccccn1)N1CCC[C@H](CCc2c(F)cccc2F)C1. The van der Waals surface area contributed by atoms with E-state index in [1.165, 1.54) is 18.2 Å². The van der Waals surface area contributed by atoms with Crippen molar-refractivity contribution in [3.8, 4) is 0 Å². The fourth-order valence-corrected chi connectivity index (χ4v) is 3.26. The van der Waals surface area contributed by atoms with E-state index in [0.29, 0.717) is 31.6 Å². The zero-order valence-electron chi connectivity index (χ0n) is 13.4. The maximum Gasteiger partial charge on any atom is 0.272 e. The summed E-state index contributed by atoms with van der Waals surface area (Å²) in [5, 5.41) is 0. The van der Waals surface area contributed by atoms with E-state index in [2.05, 4.69) is 4.98 Å². The minimum absolute atomic E-state index is 0.0719. The first-order chi connectivity index (χ1) is 11.6. The molecule has 0 N–H and O–H groups in total. The summed E-state index contributed by atoms with van der Waals surface area (Å²) >= 11 is 0. The van der Waals surface area contributed by atoms with Gasteiger partial charge in [-0.25, -0.2) is 8.78 Å². The highest BCUT2D eigenvalue weighted by molar-refractivity contribution is 5.92. The smallest absolute Gasteiger partial charge is 0.272 e. The van der Waals surface area contributed by atoms with Gasteiger partial charge >= 0.3 is 0 Å². The molecular weight excluding hydrogens is 310 g/mol. The summed E-state index contributed by atoms with van der Waals surface area (Å²) in [4.78, 5) is 18.4. The monoisotopic (exact) mass is 330 g/mol. The number of carbonyl (C=O) groups excluding carboxylic acids is 1. The molecule has 1 saturated heterocycles. The summed E-state index contributed by atoms with van der Waals surface area (Å²) in [6.07, 6.45) is 4.51. The quantitative estimate of drug-likeness (QED) is 0.853. The first kappa shape index (κ1) is 16.6. The lowest BCUT2D eigenvalue weighted by Crippen LogP contribution is -2.40. The van der Waals surface area contributed by atoms with E-state index in [-0.39, 0.29) is 17.4 Å². The second kappa shape index (κ2) is 7.51. The molecule has 1 aromatic carbocycles. The predicted molar refractivity (Wildman–Crippen MR) is 87.5 cm³/mol. The van der Waals surface area contributed by atoms with Crippen molar-refractivity contribution in [2.24, 2.45) is 5.92 Å². The lowest BCUT2D eigenvalue weighted by atomic mass is 9.91. The van der Waals surface area contributed by atoms with Crippen LogP contribution in [0.25, 0.3) is 0 Å². The van der Waals surface area contributed by atoms with Crippen LogP contribution in [0.1, 0.15) is 35.3 Å². The summed E-state index contributed by atoms with van der Waals surface area (Å²) in [6.45, 7) is 1.32. The number of nitrogens with zero attached hydrogens (tertiary/aromatic N) is 2. The molecule has 3 nitrogen and oxygen atoms in total. The minimum atomic E-state index is -0.493. The Balaban J connectivity index is 1.61. The van der Waals surface area contributed by atoms with Crippen molar-refractivity contribution in [2.75, 3.05) is 13.1 Å². The van der Waals surface area contributed by atoms with Gasteiger partial charge in [0.05, 0.1) is 0 Å². The molecule has 2 aromatic rings. The summed E-state index contributed by atoms with van der Waals surface area (Å²) in [5.41, 5.74) is 0.587. The molecule has 126 valence electrons. The van der Waals surface area contributed by atoms with Gasteiger partial charge < -0.3 is 4.90 Å². The number of rotatable bonds is 4. The van der Waals surface area contributed by atoms with Crippen molar-refractivity contribution in [3.05, 3.63) is 65.5 Å². The highest BCUT2D eigenvalue weighted by Crippen LogP contribution is 2.24. The third-order valence-corrected chi connectivity index (χ3v) is 4.55. The highest BCUT2D eigenvalue weighted by Gasteiger charge is 2.25. The van der Waals surface area contributed by atoms with Gasteiger partial charge in [-0.05, 0) is 55.9 Å². The Kier molecular flexibility index (Phi) is 5.18. The molecule has 0 saturated carbocycles. The van der Waals surface area contributed by atoms with Crippen molar-refractivity contribution in [3.63, 3.8) is 0 Å². The van der Waals surface area contributed by atoms with E-state index < -0.39 is 11.6 Å². The number of likely N-dealkylation sites (tertiary alicyclic amines) is 1. The first-order valence-corrected chi connectivity index (χ1v) is 8.28. The number of halogens is 2. The second-order valence-electron chi connectivity index (χ2n) is 6.21. The van der Waals surface area contributed by atoms with Gasteiger partial charge in [0.25, 0.3) is 5.91 Å². The average Bonchev–Trinajstić information content (AvgIpc) is 2.62. The zero-order valence-corrected chi connectivity index (χ0v) is 13.4. The lowest BCUT2D eigenvalue weighted by Gasteiger charge is -2.32. The van der Waals surface area contributed by atoms with Crippen LogP contribution in [-0.4, -0.2) is 28.9 Å². The second-order valence-corrected chi connectivity index (χ2v) is 6.21. The van der Waals surface area contributed by atoms with E-state index in [1.54, 1.807) is 29.3 Å². The fourth-order valence-electron chi connectivity index (χ4n) is 3.26.